The van der Waals surface area contributed by atoms with Gasteiger partial charge < -0.3 is 14.8 Å². The molecule has 0 radical (unpaired) electrons. The van der Waals surface area contributed by atoms with E-state index in [0.717, 1.165) is 16.9 Å². The highest BCUT2D eigenvalue weighted by molar-refractivity contribution is 7.99. The molecule has 2 aromatic rings. The fourth-order valence-corrected chi connectivity index (χ4v) is 5.28. The Hall–Kier alpha value is -2.23. The molecule has 0 heterocycles. The third-order valence-electron chi connectivity index (χ3n) is 5.10. The quantitative estimate of drug-likeness (QED) is 0.352. The molecule has 1 N–H and O–H groups in total. The molecule has 0 fully saturated rings. The maximum Gasteiger partial charge on any atom is 0.407 e. The molecule has 0 aliphatic carbocycles. The number of methoxy groups -OCH3 is 1. The Bertz CT molecular complexity index is 1000. The Morgan fingerprint density at radius 2 is 1.69 bits per heavy atom. The first-order chi connectivity index (χ1) is 16.5. The van der Waals surface area contributed by atoms with Crippen molar-refractivity contribution in [3.63, 3.8) is 0 Å². The normalized spacial score (nSPS) is 13.6. The van der Waals surface area contributed by atoms with Crippen LogP contribution in [0.4, 0.5) is 4.79 Å². The summed E-state index contributed by atoms with van der Waals surface area (Å²) in [6.45, 7) is 7.95. The summed E-state index contributed by atoms with van der Waals surface area (Å²) in [6, 6.07) is 16.7. The zero-order chi connectivity index (χ0) is 25.9. The van der Waals surface area contributed by atoms with Gasteiger partial charge in [-0.25, -0.2) is 4.79 Å². The number of thioether (sulfide) groups is 1. The minimum atomic E-state index is -3.72. The monoisotopic (exact) mass is 523 g/mol. The van der Waals surface area contributed by atoms with Crippen LogP contribution < -0.4 is 10.1 Å². The van der Waals surface area contributed by atoms with Crippen LogP contribution in [0.5, 0.6) is 5.75 Å². The molecule has 0 aliphatic heterocycles. The molecule has 0 aromatic heterocycles. The molecule has 35 heavy (non-hydrogen) atoms. The summed E-state index contributed by atoms with van der Waals surface area (Å²) < 4.78 is 40.7. The number of ether oxygens (including phenoxy) is 2. The summed E-state index contributed by atoms with van der Waals surface area (Å²) in [5, 5.41) is 2.79. The number of benzene rings is 2. The van der Waals surface area contributed by atoms with Crippen molar-refractivity contribution in [2.75, 3.05) is 19.5 Å². The minimum Gasteiger partial charge on any atom is -0.497 e. The number of amides is 1. The Morgan fingerprint density at radius 1 is 1.03 bits per heavy atom. The van der Waals surface area contributed by atoms with E-state index < -0.39 is 22.3 Å². The number of carbonyl (C=O) groups excluding carboxylic acids is 1. The van der Waals surface area contributed by atoms with Crippen LogP contribution in [0.25, 0.3) is 0 Å². The first-order valence-corrected chi connectivity index (χ1v) is 14.2. The van der Waals surface area contributed by atoms with Gasteiger partial charge in [0.05, 0.1) is 19.5 Å². The minimum absolute atomic E-state index is 0.0702. The van der Waals surface area contributed by atoms with Crippen LogP contribution in [0.2, 0.25) is 0 Å². The van der Waals surface area contributed by atoms with Crippen molar-refractivity contribution in [3.8, 4) is 5.75 Å². The van der Waals surface area contributed by atoms with E-state index in [9.17, 15) is 13.2 Å². The molecule has 0 bridgehead atoms. The Morgan fingerprint density at radius 3 is 2.29 bits per heavy atom. The number of rotatable bonds is 13. The lowest BCUT2D eigenvalue weighted by atomic mass is 9.99. The maximum atomic E-state index is 12.5. The van der Waals surface area contributed by atoms with Crippen molar-refractivity contribution < 1.29 is 26.9 Å². The lowest BCUT2D eigenvalue weighted by molar-refractivity contribution is 0.135. The van der Waals surface area contributed by atoms with Crippen molar-refractivity contribution >= 4 is 28.0 Å². The van der Waals surface area contributed by atoms with Crippen LogP contribution in [0.1, 0.15) is 45.2 Å². The number of alkyl carbamates (subject to hydrolysis) is 1. The molecule has 2 unspecified atom stereocenters. The van der Waals surface area contributed by atoms with Gasteiger partial charge in [0, 0.05) is 17.0 Å². The molecule has 7 nitrogen and oxygen atoms in total. The lowest BCUT2D eigenvalue weighted by Gasteiger charge is -2.25. The molecule has 2 atom stereocenters. The van der Waals surface area contributed by atoms with E-state index >= 15 is 0 Å². The van der Waals surface area contributed by atoms with Crippen LogP contribution in [-0.4, -0.2) is 45.3 Å². The van der Waals surface area contributed by atoms with E-state index in [2.05, 4.69) is 5.32 Å². The molecule has 0 spiro atoms. The Balaban J connectivity index is 1.99. The topological polar surface area (TPSA) is 90.9 Å². The molecule has 0 saturated heterocycles. The first kappa shape index (κ1) is 29.0. The second-order valence-corrected chi connectivity index (χ2v) is 12.7. The molecule has 0 aliphatic rings. The third-order valence-corrected chi connectivity index (χ3v) is 7.67. The summed E-state index contributed by atoms with van der Waals surface area (Å²) in [5.74, 6) is 1.29. The van der Waals surface area contributed by atoms with Gasteiger partial charge in [-0.05, 0) is 35.1 Å². The van der Waals surface area contributed by atoms with Crippen molar-refractivity contribution in [1.82, 2.24) is 5.32 Å². The summed E-state index contributed by atoms with van der Waals surface area (Å²) in [7, 11) is -2.10. The number of nitrogens with one attached hydrogen (secondary N) is 1. The molecule has 1 amide bonds. The first-order valence-electron chi connectivity index (χ1n) is 11.6. The van der Waals surface area contributed by atoms with E-state index in [4.69, 9.17) is 13.7 Å². The van der Waals surface area contributed by atoms with Crippen LogP contribution in [-0.2, 0) is 31.4 Å². The molecule has 9 heteroatoms. The smallest absolute Gasteiger partial charge is 0.407 e. The van der Waals surface area contributed by atoms with E-state index in [1.807, 2.05) is 82.3 Å². The standard InChI is InChI=1S/C26H37NO6S2/c1-20(34-18-22-11-13-23(31-5)14-12-22)24(15-16-35(29,30)33-19-26(2,3)4)27-25(28)32-17-21-9-7-6-8-10-21/h6-14,20,24H,15-19H2,1-5H3,(H,27,28). The van der Waals surface area contributed by atoms with Gasteiger partial charge >= 0.3 is 6.09 Å². The highest BCUT2D eigenvalue weighted by Crippen LogP contribution is 2.24. The Labute approximate surface area is 214 Å². The largest absolute Gasteiger partial charge is 0.497 e. The van der Waals surface area contributed by atoms with Crippen LogP contribution in [0.3, 0.4) is 0 Å². The zero-order valence-electron chi connectivity index (χ0n) is 21.2. The highest BCUT2D eigenvalue weighted by Gasteiger charge is 2.25. The molecular formula is C26H37NO6S2. The van der Waals surface area contributed by atoms with Crippen LogP contribution in [0, 0.1) is 5.41 Å². The van der Waals surface area contributed by atoms with Gasteiger partial charge in [-0.1, -0.05) is 70.2 Å². The van der Waals surface area contributed by atoms with E-state index in [1.54, 1.807) is 18.9 Å². The number of hydrogen-bond acceptors (Lipinski definition) is 7. The second-order valence-electron chi connectivity index (χ2n) is 9.55. The lowest BCUT2D eigenvalue weighted by Crippen LogP contribution is -2.42. The molecule has 0 saturated carbocycles. The predicted molar refractivity (Wildman–Crippen MR) is 141 cm³/mol. The molecule has 194 valence electrons. The average Bonchev–Trinajstić information content (AvgIpc) is 2.83. The SMILES string of the molecule is COc1ccc(CSC(C)C(CCS(=O)(=O)OCC(C)(C)C)NC(=O)OCc2ccccc2)cc1. The summed E-state index contributed by atoms with van der Waals surface area (Å²) in [5.41, 5.74) is 1.71. The van der Waals surface area contributed by atoms with E-state index in [1.165, 1.54) is 0 Å². The summed E-state index contributed by atoms with van der Waals surface area (Å²) in [6.07, 6.45) is -0.368. The fourth-order valence-electron chi connectivity index (χ4n) is 3.00. The van der Waals surface area contributed by atoms with Gasteiger partial charge in [-0.3, -0.25) is 4.18 Å². The van der Waals surface area contributed by atoms with Crippen LogP contribution >= 0.6 is 11.8 Å². The fraction of sp³-hybridized carbons (Fsp3) is 0.500. The summed E-state index contributed by atoms with van der Waals surface area (Å²) >= 11 is 1.63. The van der Waals surface area contributed by atoms with Gasteiger partial charge in [0.25, 0.3) is 10.1 Å². The van der Waals surface area contributed by atoms with Crippen molar-refractivity contribution in [3.05, 3.63) is 65.7 Å². The van der Waals surface area contributed by atoms with Gasteiger partial charge in [0.1, 0.15) is 12.4 Å². The van der Waals surface area contributed by atoms with Gasteiger partial charge in [0.15, 0.2) is 0 Å². The van der Waals surface area contributed by atoms with Crippen molar-refractivity contribution in [2.45, 2.75) is 57.8 Å². The van der Waals surface area contributed by atoms with E-state index in [-0.39, 0.29) is 36.1 Å². The van der Waals surface area contributed by atoms with E-state index in [0.29, 0.717) is 5.75 Å². The van der Waals surface area contributed by atoms with Crippen LogP contribution in [0.15, 0.2) is 54.6 Å². The molecule has 2 aromatic carbocycles. The predicted octanol–water partition coefficient (Wildman–Crippen LogP) is 5.39. The molecular weight excluding hydrogens is 486 g/mol. The third kappa shape index (κ3) is 11.8. The second kappa shape index (κ2) is 13.8. The number of hydrogen-bond donors (Lipinski definition) is 1. The van der Waals surface area contributed by atoms with Gasteiger partial charge in [-0.2, -0.15) is 20.2 Å². The highest BCUT2D eigenvalue weighted by atomic mass is 32.2. The Kier molecular flexibility index (Phi) is 11.4. The zero-order valence-corrected chi connectivity index (χ0v) is 22.8. The maximum absolute atomic E-state index is 12.5. The van der Waals surface area contributed by atoms with Gasteiger partial charge in [0.2, 0.25) is 0 Å². The summed E-state index contributed by atoms with van der Waals surface area (Å²) in [4.78, 5) is 12.5. The molecule has 2 rings (SSSR count). The van der Waals surface area contributed by atoms with Crippen molar-refractivity contribution in [1.29, 1.82) is 0 Å². The van der Waals surface area contributed by atoms with Gasteiger partial charge in [-0.15, -0.1) is 0 Å². The number of carbonyl (C=O) groups is 1. The van der Waals surface area contributed by atoms with Crippen molar-refractivity contribution in [2.24, 2.45) is 5.41 Å². The average molecular weight is 524 g/mol.